The SMILES string of the molecule is CN(C(=O)c1ccc2nc(N)c3cnn(C)c3c2c1)[C@@H]1COCc2c(F)cncc21. The second kappa shape index (κ2) is 6.74. The summed E-state index contributed by atoms with van der Waals surface area (Å²) >= 11 is 0. The van der Waals surface area contributed by atoms with Gasteiger partial charge >= 0.3 is 0 Å². The van der Waals surface area contributed by atoms with Crippen LogP contribution < -0.4 is 5.73 Å². The Morgan fingerprint density at radius 3 is 2.97 bits per heavy atom. The van der Waals surface area contributed by atoms with Crippen LogP contribution in [0.2, 0.25) is 0 Å². The van der Waals surface area contributed by atoms with Gasteiger partial charge in [0.2, 0.25) is 0 Å². The second-order valence-corrected chi connectivity index (χ2v) is 7.40. The van der Waals surface area contributed by atoms with Crippen LogP contribution in [0.15, 0.2) is 36.8 Å². The number of carbonyl (C=O) groups excluding carboxylic acids is 1. The van der Waals surface area contributed by atoms with E-state index in [2.05, 4.69) is 15.1 Å². The maximum atomic E-state index is 14.1. The number of anilines is 1. The monoisotopic (exact) mass is 406 g/mol. The third-order valence-electron chi connectivity index (χ3n) is 5.66. The Morgan fingerprint density at radius 2 is 2.13 bits per heavy atom. The largest absolute Gasteiger partial charge is 0.383 e. The van der Waals surface area contributed by atoms with Gasteiger partial charge in [-0.1, -0.05) is 0 Å². The van der Waals surface area contributed by atoms with Crippen molar-refractivity contribution in [2.24, 2.45) is 7.05 Å². The summed E-state index contributed by atoms with van der Waals surface area (Å²) in [4.78, 5) is 23.2. The van der Waals surface area contributed by atoms with E-state index in [4.69, 9.17) is 10.5 Å². The van der Waals surface area contributed by atoms with Gasteiger partial charge in [-0.25, -0.2) is 9.37 Å². The lowest BCUT2D eigenvalue weighted by Gasteiger charge is -2.33. The molecule has 9 heteroatoms. The molecule has 5 rings (SSSR count). The highest BCUT2D eigenvalue weighted by Crippen LogP contribution is 2.32. The summed E-state index contributed by atoms with van der Waals surface area (Å²) in [6.45, 7) is 0.446. The molecule has 0 saturated heterocycles. The zero-order chi connectivity index (χ0) is 21.0. The lowest BCUT2D eigenvalue weighted by molar-refractivity contribution is 0.0330. The highest BCUT2D eigenvalue weighted by Gasteiger charge is 2.30. The second-order valence-electron chi connectivity index (χ2n) is 7.40. The van der Waals surface area contributed by atoms with Crippen molar-refractivity contribution < 1.29 is 13.9 Å². The van der Waals surface area contributed by atoms with E-state index in [0.29, 0.717) is 28.0 Å². The molecule has 0 spiro atoms. The first-order chi connectivity index (χ1) is 14.5. The molecule has 1 atom stereocenters. The van der Waals surface area contributed by atoms with Crippen LogP contribution in [0.25, 0.3) is 21.8 Å². The van der Waals surface area contributed by atoms with E-state index in [9.17, 15) is 9.18 Å². The smallest absolute Gasteiger partial charge is 0.254 e. The highest BCUT2D eigenvalue weighted by atomic mass is 19.1. The molecule has 30 heavy (non-hydrogen) atoms. The maximum absolute atomic E-state index is 14.1. The van der Waals surface area contributed by atoms with Gasteiger partial charge in [0.25, 0.3) is 5.91 Å². The Hall–Kier alpha value is -3.59. The van der Waals surface area contributed by atoms with Gasteiger partial charge in [-0.15, -0.1) is 0 Å². The molecule has 8 nitrogen and oxygen atoms in total. The number of aryl methyl sites for hydroxylation is 1. The van der Waals surface area contributed by atoms with Gasteiger partial charge < -0.3 is 15.4 Å². The number of hydrogen-bond donors (Lipinski definition) is 1. The van der Waals surface area contributed by atoms with Crippen LogP contribution in [0.4, 0.5) is 10.2 Å². The number of nitrogens with two attached hydrogens (primary N) is 1. The van der Waals surface area contributed by atoms with E-state index in [1.54, 1.807) is 47.2 Å². The van der Waals surface area contributed by atoms with Crippen LogP contribution in [0, 0.1) is 5.82 Å². The molecule has 0 radical (unpaired) electrons. The van der Waals surface area contributed by atoms with Crippen molar-refractivity contribution in [3.05, 3.63) is 59.3 Å². The van der Waals surface area contributed by atoms with Gasteiger partial charge in [0, 0.05) is 42.4 Å². The summed E-state index contributed by atoms with van der Waals surface area (Å²) in [6, 6.07) is 4.84. The molecule has 152 valence electrons. The fraction of sp³-hybridized carbons (Fsp3) is 0.238. The number of nitrogen functional groups attached to an aromatic ring is 1. The number of ether oxygens (including phenoxy) is 1. The Labute approximate surface area is 171 Å². The van der Waals surface area contributed by atoms with Crippen molar-refractivity contribution >= 4 is 33.5 Å². The van der Waals surface area contributed by atoms with Gasteiger partial charge in [-0.2, -0.15) is 5.10 Å². The van der Waals surface area contributed by atoms with Gasteiger partial charge in [0.15, 0.2) is 0 Å². The minimum Gasteiger partial charge on any atom is -0.383 e. The fourth-order valence-electron chi connectivity index (χ4n) is 4.03. The quantitative estimate of drug-likeness (QED) is 0.549. The molecule has 0 bridgehead atoms. The Morgan fingerprint density at radius 1 is 1.30 bits per heavy atom. The molecule has 3 aromatic heterocycles. The van der Waals surface area contributed by atoms with E-state index >= 15 is 0 Å². The lowest BCUT2D eigenvalue weighted by Crippen LogP contribution is -2.36. The predicted octanol–water partition coefficient (Wildman–Crippen LogP) is 2.58. The topological polar surface area (TPSA) is 99.2 Å². The summed E-state index contributed by atoms with van der Waals surface area (Å²) in [6.07, 6.45) is 4.42. The van der Waals surface area contributed by atoms with Crippen LogP contribution in [0.1, 0.15) is 27.5 Å². The predicted molar refractivity (Wildman–Crippen MR) is 109 cm³/mol. The van der Waals surface area contributed by atoms with E-state index in [1.807, 2.05) is 7.05 Å². The molecule has 1 amide bonds. The third kappa shape index (κ3) is 2.70. The number of carbonyl (C=O) groups is 1. The van der Waals surface area contributed by atoms with E-state index in [1.165, 1.54) is 0 Å². The highest BCUT2D eigenvalue weighted by molar-refractivity contribution is 6.10. The molecule has 1 aliphatic rings. The Balaban J connectivity index is 1.57. The number of rotatable bonds is 2. The summed E-state index contributed by atoms with van der Waals surface area (Å²) < 4.78 is 21.4. The summed E-state index contributed by atoms with van der Waals surface area (Å²) in [5, 5.41) is 5.78. The maximum Gasteiger partial charge on any atom is 0.254 e. The van der Waals surface area contributed by atoms with Crippen LogP contribution >= 0.6 is 0 Å². The average Bonchev–Trinajstić information content (AvgIpc) is 3.15. The molecule has 1 aromatic carbocycles. The zero-order valence-electron chi connectivity index (χ0n) is 16.5. The van der Waals surface area contributed by atoms with Gasteiger partial charge in [0.1, 0.15) is 11.6 Å². The number of halogens is 1. The van der Waals surface area contributed by atoms with Crippen molar-refractivity contribution in [1.29, 1.82) is 0 Å². The fourth-order valence-corrected chi connectivity index (χ4v) is 4.03. The van der Waals surface area contributed by atoms with E-state index < -0.39 is 11.9 Å². The molecule has 0 unspecified atom stereocenters. The van der Waals surface area contributed by atoms with Crippen LogP contribution in [-0.2, 0) is 18.4 Å². The van der Waals surface area contributed by atoms with E-state index in [0.717, 1.165) is 22.5 Å². The molecule has 0 aliphatic carbocycles. The number of amides is 1. The van der Waals surface area contributed by atoms with Gasteiger partial charge in [0.05, 0.1) is 48.1 Å². The molecular weight excluding hydrogens is 387 g/mol. The summed E-state index contributed by atoms with van der Waals surface area (Å²) in [5.74, 6) is -0.243. The molecule has 4 aromatic rings. The molecule has 4 heterocycles. The number of pyridine rings is 2. The Kier molecular flexibility index (Phi) is 4.14. The van der Waals surface area contributed by atoms with Crippen molar-refractivity contribution in [1.82, 2.24) is 24.6 Å². The average molecular weight is 406 g/mol. The van der Waals surface area contributed by atoms with E-state index in [-0.39, 0.29) is 19.1 Å². The van der Waals surface area contributed by atoms with Crippen molar-refractivity contribution in [3.8, 4) is 0 Å². The molecule has 0 saturated carbocycles. The van der Waals surface area contributed by atoms with Crippen LogP contribution in [0.3, 0.4) is 0 Å². The molecule has 2 N–H and O–H groups in total. The molecular formula is C21H19FN6O2. The van der Waals surface area contributed by atoms with Crippen molar-refractivity contribution in [2.75, 3.05) is 19.4 Å². The number of aromatic nitrogens is 4. The first-order valence-corrected chi connectivity index (χ1v) is 9.44. The van der Waals surface area contributed by atoms with Crippen molar-refractivity contribution in [2.45, 2.75) is 12.6 Å². The van der Waals surface area contributed by atoms with Crippen LogP contribution in [0.5, 0.6) is 0 Å². The number of nitrogens with zero attached hydrogens (tertiary/aromatic N) is 5. The number of hydrogen-bond acceptors (Lipinski definition) is 6. The summed E-state index contributed by atoms with van der Waals surface area (Å²) in [7, 11) is 3.50. The van der Waals surface area contributed by atoms with Crippen molar-refractivity contribution in [3.63, 3.8) is 0 Å². The Bertz CT molecular complexity index is 1320. The lowest BCUT2D eigenvalue weighted by atomic mass is 9.99. The molecule has 1 aliphatic heterocycles. The zero-order valence-corrected chi connectivity index (χ0v) is 16.5. The first kappa shape index (κ1) is 18.4. The number of benzene rings is 1. The standard InChI is InChI=1S/C21H19FN6O2/c1-27(18-10-30-9-15-13(18)6-24-8-16(15)22)21(29)11-3-4-17-12(5-11)19-14(20(23)26-17)7-25-28(19)2/h3-8,18H,9-10H2,1-2H3,(H2,23,26)/t18-/m1/s1. The third-order valence-corrected chi connectivity index (χ3v) is 5.66. The van der Waals surface area contributed by atoms with Gasteiger partial charge in [-0.05, 0) is 18.2 Å². The summed E-state index contributed by atoms with van der Waals surface area (Å²) in [5.41, 5.74) is 9.13. The minimum atomic E-state index is -0.429. The normalized spacial score (nSPS) is 16.0. The van der Waals surface area contributed by atoms with Crippen LogP contribution in [-0.4, -0.2) is 44.2 Å². The first-order valence-electron chi connectivity index (χ1n) is 9.44. The number of likely N-dealkylation sites (N-methyl/N-ethyl adjacent to an activating group) is 1. The molecule has 0 fully saturated rings. The number of fused-ring (bicyclic) bond motifs is 4. The minimum absolute atomic E-state index is 0.170. The van der Waals surface area contributed by atoms with Gasteiger partial charge in [-0.3, -0.25) is 14.5 Å².